The number of nitrogens with zero attached hydrogens (tertiary/aromatic N) is 2. The topological polar surface area (TPSA) is 64.3 Å². The second-order valence-electron chi connectivity index (χ2n) is 9.68. The van der Waals surface area contributed by atoms with Crippen molar-refractivity contribution in [1.29, 1.82) is 0 Å². The maximum atomic E-state index is 11.1. The molecule has 200 valence electrons. The van der Waals surface area contributed by atoms with Gasteiger partial charge >= 0.3 is 238 Å². The average Bonchev–Trinajstić information content (AvgIpc) is 3.30. The molecule has 0 aliphatic carbocycles. The molecule has 0 spiro atoms. The van der Waals surface area contributed by atoms with Crippen LogP contribution >= 0.6 is 0 Å². The summed E-state index contributed by atoms with van der Waals surface area (Å²) in [5.74, 6) is -0.316. The summed E-state index contributed by atoms with van der Waals surface area (Å²) in [4.78, 5) is 2.33. The fraction of sp³-hybridized carbons (Fsp3) is 0.219. The van der Waals surface area contributed by atoms with Crippen molar-refractivity contribution in [3.05, 3.63) is 107 Å². The third kappa shape index (κ3) is 6.34. The summed E-state index contributed by atoms with van der Waals surface area (Å²) in [5.41, 5.74) is 4.78. The van der Waals surface area contributed by atoms with Gasteiger partial charge in [0, 0.05) is 0 Å². The molecule has 39 heavy (non-hydrogen) atoms. The first kappa shape index (κ1) is 27.4. The van der Waals surface area contributed by atoms with Crippen LogP contribution in [0, 0.1) is 0 Å². The van der Waals surface area contributed by atoms with Gasteiger partial charge in [0.25, 0.3) is 0 Å². The molecule has 2 heterocycles. The molecule has 0 saturated carbocycles. The van der Waals surface area contributed by atoms with Crippen molar-refractivity contribution in [2.45, 2.75) is 33.2 Å². The molecular weight excluding hydrogens is 571 g/mol. The first-order valence-electron chi connectivity index (χ1n) is 13.2. The number of allylic oxidation sites excluding steroid dienone is 4. The molecule has 0 atom stereocenters. The molecule has 1 aromatic heterocycles. The van der Waals surface area contributed by atoms with Gasteiger partial charge in [0.05, 0.1) is 0 Å². The normalized spacial score (nSPS) is 15.2. The van der Waals surface area contributed by atoms with E-state index in [1.54, 1.807) is 0 Å². The molecule has 0 amide bonds. The third-order valence-electron chi connectivity index (χ3n) is 6.95. The number of para-hydroxylation sites is 1. The van der Waals surface area contributed by atoms with Crippen LogP contribution in [-0.2, 0) is 16.7 Å². The summed E-state index contributed by atoms with van der Waals surface area (Å²) in [7, 11) is -4.19. The van der Waals surface area contributed by atoms with Crippen LogP contribution in [0.25, 0.3) is 27.8 Å². The zero-order valence-electron chi connectivity index (χ0n) is 22.2. The summed E-state index contributed by atoms with van der Waals surface area (Å²) < 4.78 is 38.2. The molecule has 4 aromatic rings. The molecule has 7 heteroatoms. The average molecular weight is 604 g/mol. The van der Waals surface area contributed by atoms with Crippen LogP contribution in [0.2, 0.25) is 0 Å². The number of pyridine rings is 1. The summed E-state index contributed by atoms with van der Waals surface area (Å²) >= 11 is 0.133. The number of aromatic nitrogens is 1. The van der Waals surface area contributed by atoms with E-state index in [1.807, 2.05) is 6.07 Å². The van der Waals surface area contributed by atoms with Crippen molar-refractivity contribution in [3.8, 4) is 0 Å². The zero-order chi connectivity index (χ0) is 27.4. The van der Waals surface area contributed by atoms with Gasteiger partial charge in [-0.15, -0.1) is 0 Å². The molecule has 0 bridgehead atoms. The Morgan fingerprint density at radius 2 is 1.77 bits per heavy atom. The molecule has 0 N–H and O–H groups in total. The van der Waals surface area contributed by atoms with E-state index < -0.39 is 10.1 Å². The van der Waals surface area contributed by atoms with E-state index in [4.69, 9.17) is 0 Å². The summed E-state index contributed by atoms with van der Waals surface area (Å²) in [6.45, 7) is 5.88. The quantitative estimate of drug-likeness (QED) is 0.0860. The van der Waals surface area contributed by atoms with Crippen LogP contribution in [0.1, 0.15) is 32.3 Å². The van der Waals surface area contributed by atoms with Crippen LogP contribution in [0.3, 0.4) is 0 Å². The van der Waals surface area contributed by atoms with E-state index in [1.165, 1.54) is 42.0 Å². The Bertz CT molecular complexity index is 1720. The molecule has 3 aromatic carbocycles. The molecule has 0 radical (unpaired) electrons. The fourth-order valence-electron chi connectivity index (χ4n) is 4.98. The molecule has 0 saturated heterocycles. The zero-order valence-corrected chi connectivity index (χ0v) is 24.7. The van der Waals surface area contributed by atoms with Crippen LogP contribution in [0.4, 0.5) is 5.69 Å². The first-order valence-corrected chi connectivity index (χ1v) is 16.5. The number of anilines is 1. The fourth-order valence-corrected chi connectivity index (χ4v) is 7.86. The number of hydrogen-bond acceptors (Lipinski definition) is 4. The second kappa shape index (κ2) is 11.9. The molecule has 1 aliphatic rings. The standard InChI is InChI=1S/C32H32N2O3SSe/c1-3-33-22-20-26(27-11-6-7-13-29(27)33)16-14-24(2)15-19-31-34(21-8-9-23-38(35,36)37)32-28-12-5-4-10-25(28)17-18-30(32)39-31/h4-7,10-20,22H,3,8-9,21,23H2,1-2H3. The molecule has 1 aliphatic heterocycles. The van der Waals surface area contributed by atoms with E-state index in [-0.39, 0.29) is 20.7 Å². The Kier molecular flexibility index (Phi) is 8.34. The van der Waals surface area contributed by atoms with Gasteiger partial charge in [0.1, 0.15) is 0 Å². The summed E-state index contributed by atoms with van der Waals surface area (Å²) in [6.07, 6.45) is 11.8. The molecule has 0 fully saturated rings. The van der Waals surface area contributed by atoms with Crippen LogP contribution in [0.15, 0.2) is 101 Å². The van der Waals surface area contributed by atoms with Gasteiger partial charge in [-0.05, 0) is 0 Å². The number of fused-ring (bicyclic) bond motifs is 4. The van der Waals surface area contributed by atoms with Gasteiger partial charge in [-0.25, -0.2) is 0 Å². The van der Waals surface area contributed by atoms with Crippen LogP contribution < -0.4 is 13.9 Å². The number of rotatable bonds is 9. The van der Waals surface area contributed by atoms with E-state index in [0.29, 0.717) is 19.4 Å². The Morgan fingerprint density at radius 1 is 1.00 bits per heavy atom. The second-order valence-corrected chi connectivity index (χ2v) is 13.4. The van der Waals surface area contributed by atoms with Crippen LogP contribution in [0.5, 0.6) is 0 Å². The van der Waals surface area contributed by atoms with Crippen molar-refractivity contribution >= 4 is 63.0 Å². The van der Waals surface area contributed by atoms with Crippen LogP contribution in [-0.4, -0.2) is 40.2 Å². The number of hydrogen-bond donors (Lipinski definition) is 0. The minimum absolute atomic E-state index is 0.133. The predicted octanol–water partition coefficient (Wildman–Crippen LogP) is 5.28. The van der Waals surface area contributed by atoms with Gasteiger partial charge in [0.2, 0.25) is 0 Å². The van der Waals surface area contributed by atoms with Crippen molar-refractivity contribution in [3.63, 3.8) is 0 Å². The Labute approximate surface area is 237 Å². The monoisotopic (exact) mass is 604 g/mol. The van der Waals surface area contributed by atoms with E-state index in [2.05, 4.69) is 114 Å². The first-order chi connectivity index (χ1) is 18.8. The van der Waals surface area contributed by atoms with Crippen molar-refractivity contribution in [1.82, 2.24) is 0 Å². The van der Waals surface area contributed by atoms with Crippen molar-refractivity contribution in [2.24, 2.45) is 0 Å². The summed E-state index contributed by atoms with van der Waals surface area (Å²) in [5, 5.41) is 3.63. The Morgan fingerprint density at radius 3 is 2.56 bits per heavy atom. The summed E-state index contributed by atoms with van der Waals surface area (Å²) in [6, 6.07) is 23.4. The SMILES string of the molecule is CC[n+]1ccc(C=CC(C)=CC=C2[Se]c3ccc4ccccc4c3N2CCCCS(=O)(=O)[O-])c2ccccc21. The van der Waals surface area contributed by atoms with E-state index in [0.717, 1.165) is 12.1 Å². The Hall–Kier alpha value is -3.22. The minimum atomic E-state index is -4.19. The Balaban J connectivity index is 1.42. The van der Waals surface area contributed by atoms with E-state index in [9.17, 15) is 13.0 Å². The molecular formula is C32H32N2O3SSe. The van der Waals surface area contributed by atoms with Crippen molar-refractivity contribution < 1.29 is 17.5 Å². The molecule has 5 nitrogen and oxygen atoms in total. The predicted molar refractivity (Wildman–Crippen MR) is 161 cm³/mol. The number of aryl methyl sites for hydroxylation is 1. The van der Waals surface area contributed by atoms with Gasteiger partial charge < -0.3 is 0 Å². The van der Waals surface area contributed by atoms with Gasteiger partial charge in [-0.3, -0.25) is 0 Å². The number of benzene rings is 3. The maximum absolute atomic E-state index is 11.1. The molecule has 5 rings (SSSR count). The van der Waals surface area contributed by atoms with Crippen molar-refractivity contribution in [2.75, 3.05) is 17.2 Å². The number of unbranched alkanes of at least 4 members (excludes halogenated alkanes) is 1. The van der Waals surface area contributed by atoms with Gasteiger partial charge in [0.15, 0.2) is 0 Å². The van der Waals surface area contributed by atoms with E-state index >= 15 is 0 Å². The third-order valence-corrected chi connectivity index (χ3v) is 10.1. The van der Waals surface area contributed by atoms with Gasteiger partial charge in [-0.1, -0.05) is 0 Å². The van der Waals surface area contributed by atoms with Gasteiger partial charge in [-0.2, -0.15) is 0 Å². The molecule has 0 unspecified atom stereocenters.